The minimum atomic E-state index is -0.694. The third-order valence-electron chi connectivity index (χ3n) is 3.92. The second kappa shape index (κ2) is 8.05. The first kappa shape index (κ1) is 16.7. The Labute approximate surface area is 122 Å². The molecule has 0 spiro atoms. The Morgan fingerprint density at radius 2 is 1.90 bits per heavy atom. The second-order valence-corrected chi connectivity index (χ2v) is 5.87. The van der Waals surface area contributed by atoms with Crippen LogP contribution >= 0.6 is 0 Å². The molecule has 0 fully saturated rings. The van der Waals surface area contributed by atoms with E-state index in [1.807, 2.05) is 0 Å². The summed E-state index contributed by atoms with van der Waals surface area (Å²) in [5.74, 6) is -0.928. The van der Waals surface area contributed by atoms with Gasteiger partial charge in [-0.2, -0.15) is 0 Å². The molecule has 112 valence electrons. The summed E-state index contributed by atoms with van der Waals surface area (Å²) >= 11 is 0. The quantitative estimate of drug-likeness (QED) is 0.762. The summed E-state index contributed by atoms with van der Waals surface area (Å²) in [4.78, 5) is 10.7. The Hall–Kier alpha value is -1.35. The van der Waals surface area contributed by atoms with Crippen LogP contribution in [-0.4, -0.2) is 17.1 Å². The van der Waals surface area contributed by atoms with Gasteiger partial charge in [0.25, 0.3) is 0 Å². The highest BCUT2D eigenvalue weighted by molar-refractivity contribution is 5.69. The van der Waals surface area contributed by atoms with E-state index in [0.717, 1.165) is 25.8 Å². The van der Waals surface area contributed by atoms with Crippen LogP contribution in [0.15, 0.2) is 18.2 Å². The minimum absolute atomic E-state index is 0.234. The fourth-order valence-electron chi connectivity index (χ4n) is 2.16. The highest BCUT2D eigenvalue weighted by Gasteiger charge is 2.11. The predicted molar refractivity (Wildman–Crippen MR) is 82.9 cm³/mol. The average Bonchev–Trinajstić information content (AvgIpc) is 2.40. The van der Waals surface area contributed by atoms with Crippen LogP contribution in [-0.2, 0) is 11.3 Å². The van der Waals surface area contributed by atoms with E-state index in [0.29, 0.717) is 6.04 Å². The third-order valence-corrected chi connectivity index (χ3v) is 3.92. The van der Waals surface area contributed by atoms with Crippen molar-refractivity contribution in [1.82, 2.24) is 5.32 Å². The van der Waals surface area contributed by atoms with Gasteiger partial charge in [0.15, 0.2) is 0 Å². The van der Waals surface area contributed by atoms with Gasteiger partial charge in [0.05, 0.1) is 5.92 Å². The van der Waals surface area contributed by atoms with Crippen molar-refractivity contribution in [3.63, 3.8) is 0 Å². The molecule has 1 aromatic rings. The number of hydrogen-bond acceptors (Lipinski definition) is 2. The first-order valence-corrected chi connectivity index (χ1v) is 7.42. The van der Waals surface area contributed by atoms with E-state index in [1.165, 1.54) is 16.7 Å². The molecule has 0 amide bonds. The summed E-state index contributed by atoms with van der Waals surface area (Å²) in [5.41, 5.74) is 3.95. The molecule has 1 rings (SSSR count). The van der Waals surface area contributed by atoms with Gasteiger partial charge in [-0.05, 0) is 50.3 Å². The number of benzene rings is 1. The van der Waals surface area contributed by atoms with Crippen LogP contribution in [0.4, 0.5) is 0 Å². The monoisotopic (exact) mass is 277 g/mol. The van der Waals surface area contributed by atoms with Gasteiger partial charge in [0.1, 0.15) is 0 Å². The molecule has 0 aliphatic heterocycles. The van der Waals surface area contributed by atoms with Crippen molar-refractivity contribution in [2.24, 2.45) is 5.92 Å². The summed E-state index contributed by atoms with van der Waals surface area (Å²) in [6, 6.07) is 6.96. The molecule has 0 heterocycles. The largest absolute Gasteiger partial charge is 0.481 e. The number of carboxylic acids is 1. The number of aliphatic carboxylic acids is 1. The van der Waals surface area contributed by atoms with E-state index in [1.54, 1.807) is 6.92 Å². The lowest BCUT2D eigenvalue weighted by Gasteiger charge is -2.15. The predicted octanol–water partition coefficient (Wildman–Crippen LogP) is 3.67. The zero-order valence-electron chi connectivity index (χ0n) is 13.1. The topological polar surface area (TPSA) is 49.3 Å². The fraction of sp³-hybridized carbons (Fsp3) is 0.588. The molecule has 2 atom stereocenters. The lowest BCUT2D eigenvalue weighted by molar-refractivity contribution is -0.141. The van der Waals surface area contributed by atoms with Crippen molar-refractivity contribution >= 4 is 5.97 Å². The van der Waals surface area contributed by atoms with Crippen LogP contribution in [0.3, 0.4) is 0 Å². The molecule has 1 aromatic carbocycles. The molecular formula is C17H27NO2. The van der Waals surface area contributed by atoms with E-state index >= 15 is 0 Å². The molecule has 0 radical (unpaired) electrons. The van der Waals surface area contributed by atoms with Crippen molar-refractivity contribution in [3.8, 4) is 0 Å². The summed E-state index contributed by atoms with van der Waals surface area (Å²) in [7, 11) is 0. The number of carboxylic acid groups (broad SMARTS) is 1. The first-order valence-electron chi connectivity index (χ1n) is 7.42. The number of carbonyl (C=O) groups is 1. The zero-order valence-corrected chi connectivity index (χ0v) is 13.1. The SMILES string of the molecule is Cc1ccc(CNC(C)CCCC(C)C(=O)O)cc1C. The summed E-state index contributed by atoms with van der Waals surface area (Å²) in [5, 5.41) is 12.3. The van der Waals surface area contributed by atoms with Crippen LogP contribution < -0.4 is 5.32 Å². The van der Waals surface area contributed by atoms with Gasteiger partial charge < -0.3 is 10.4 Å². The van der Waals surface area contributed by atoms with E-state index in [-0.39, 0.29) is 5.92 Å². The maximum absolute atomic E-state index is 10.7. The van der Waals surface area contributed by atoms with Crippen LogP contribution in [0.5, 0.6) is 0 Å². The minimum Gasteiger partial charge on any atom is -0.481 e. The molecule has 3 nitrogen and oxygen atoms in total. The highest BCUT2D eigenvalue weighted by atomic mass is 16.4. The summed E-state index contributed by atoms with van der Waals surface area (Å²) < 4.78 is 0. The third kappa shape index (κ3) is 5.74. The Kier molecular flexibility index (Phi) is 6.73. The number of hydrogen-bond donors (Lipinski definition) is 2. The lowest BCUT2D eigenvalue weighted by atomic mass is 10.0. The molecule has 0 aromatic heterocycles. The molecular weight excluding hydrogens is 250 g/mol. The Bertz CT molecular complexity index is 443. The van der Waals surface area contributed by atoms with E-state index in [4.69, 9.17) is 5.11 Å². The lowest BCUT2D eigenvalue weighted by Crippen LogP contribution is -2.25. The van der Waals surface area contributed by atoms with Gasteiger partial charge in [-0.15, -0.1) is 0 Å². The van der Waals surface area contributed by atoms with Gasteiger partial charge in [-0.25, -0.2) is 0 Å². The number of aryl methyl sites for hydroxylation is 2. The molecule has 3 heteroatoms. The molecule has 0 aliphatic rings. The maximum Gasteiger partial charge on any atom is 0.306 e. The molecule has 0 aliphatic carbocycles. The molecule has 0 saturated carbocycles. The van der Waals surface area contributed by atoms with E-state index < -0.39 is 5.97 Å². The standard InChI is InChI=1S/C17H27NO2/c1-12-8-9-16(10-14(12)3)11-18-15(4)7-5-6-13(2)17(19)20/h8-10,13,15,18H,5-7,11H2,1-4H3,(H,19,20). The van der Waals surface area contributed by atoms with Crippen LogP contribution in [0.1, 0.15) is 49.8 Å². The molecule has 0 saturated heterocycles. The smallest absolute Gasteiger partial charge is 0.306 e. The molecule has 0 bridgehead atoms. The van der Waals surface area contributed by atoms with Gasteiger partial charge in [-0.1, -0.05) is 31.5 Å². The fourth-order valence-corrected chi connectivity index (χ4v) is 2.16. The highest BCUT2D eigenvalue weighted by Crippen LogP contribution is 2.12. The summed E-state index contributed by atoms with van der Waals surface area (Å²) in [6.07, 6.45) is 2.72. The van der Waals surface area contributed by atoms with Gasteiger partial charge >= 0.3 is 5.97 Å². The van der Waals surface area contributed by atoms with Gasteiger partial charge in [0, 0.05) is 12.6 Å². The van der Waals surface area contributed by atoms with Crippen LogP contribution in [0, 0.1) is 19.8 Å². The van der Waals surface area contributed by atoms with Crippen molar-refractivity contribution in [2.75, 3.05) is 0 Å². The molecule has 2 unspecified atom stereocenters. The number of rotatable bonds is 8. The molecule has 20 heavy (non-hydrogen) atoms. The summed E-state index contributed by atoms with van der Waals surface area (Å²) in [6.45, 7) is 9.06. The second-order valence-electron chi connectivity index (χ2n) is 5.87. The van der Waals surface area contributed by atoms with E-state index in [2.05, 4.69) is 44.3 Å². The van der Waals surface area contributed by atoms with Crippen molar-refractivity contribution in [3.05, 3.63) is 34.9 Å². The first-order chi connectivity index (χ1) is 9.40. The van der Waals surface area contributed by atoms with Crippen molar-refractivity contribution < 1.29 is 9.90 Å². The number of nitrogens with one attached hydrogen (secondary N) is 1. The average molecular weight is 277 g/mol. The Morgan fingerprint density at radius 1 is 1.20 bits per heavy atom. The van der Waals surface area contributed by atoms with Gasteiger partial charge in [0.2, 0.25) is 0 Å². The van der Waals surface area contributed by atoms with Crippen LogP contribution in [0.2, 0.25) is 0 Å². The Balaban J connectivity index is 2.27. The van der Waals surface area contributed by atoms with Crippen LogP contribution in [0.25, 0.3) is 0 Å². The van der Waals surface area contributed by atoms with E-state index in [9.17, 15) is 4.79 Å². The van der Waals surface area contributed by atoms with Crippen molar-refractivity contribution in [2.45, 2.75) is 59.5 Å². The van der Waals surface area contributed by atoms with Crippen molar-refractivity contribution in [1.29, 1.82) is 0 Å². The zero-order chi connectivity index (χ0) is 15.1. The van der Waals surface area contributed by atoms with Gasteiger partial charge in [-0.3, -0.25) is 4.79 Å². The Morgan fingerprint density at radius 3 is 2.50 bits per heavy atom. The normalized spacial score (nSPS) is 14.0. The maximum atomic E-state index is 10.7. The molecule has 2 N–H and O–H groups in total.